The van der Waals surface area contributed by atoms with E-state index in [4.69, 9.17) is 0 Å². The molecule has 32 heavy (non-hydrogen) atoms. The number of allylic oxidation sites excluding steroid dienone is 1. The highest BCUT2D eigenvalue weighted by molar-refractivity contribution is 6.07. The van der Waals surface area contributed by atoms with Crippen molar-refractivity contribution in [3.8, 4) is 0 Å². The lowest BCUT2D eigenvalue weighted by Gasteiger charge is -2.24. The molecular formula is C27H37N3O2. The highest BCUT2D eigenvalue weighted by atomic mass is 16.2. The Morgan fingerprint density at radius 2 is 1.59 bits per heavy atom. The smallest absolute Gasteiger partial charge is 0.238 e. The molecule has 5 nitrogen and oxygen atoms in total. The Morgan fingerprint density at radius 1 is 0.938 bits per heavy atom. The van der Waals surface area contributed by atoms with Gasteiger partial charge in [0.15, 0.2) is 5.78 Å². The third-order valence-electron chi connectivity index (χ3n) is 5.14. The lowest BCUT2D eigenvalue weighted by atomic mass is 10.1. The van der Waals surface area contributed by atoms with E-state index in [0.717, 1.165) is 18.7 Å². The molecule has 0 aromatic heterocycles. The Hall–Kier alpha value is -2.92. The number of benzene rings is 2. The second kappa shape index (κ2) is 13.5. The van der Waals surface area contributed by atoms with E-state index in [1.54, 1.807) is 35.2 Å². The third-order valence-corrected chi connectivity index (χ3v) is 5.14. The van der Waals surface area contributed by atoms with Crippen LogP contribution in [0.25, 0.3) is 6.08 Å². The van der Waals surface area contributed by atoms with Crippen LogP contribution < -0.4 is 10.2 Å². The van der Waals surface area contributed by atoms with Crippen molar-refractivity contribution in [3.63, 3.8) is 0 Å². The van der Waals surface area contributed by atoms with Crippen molar-refractivity contribution in [3.05, 3.63) is 65.7 Å². The summed E-state index contributed by atoms with van der Waals surface area (Å²) >= 11 is 0. The second-order valence-electron chi connectivity index (χ2n) is 8.35. The lowest BCUT2D eigenvalue weighted by Crippen LogP contribution is -2.27. The van der Waals surface area contributed by atoms with E-state index in [0.29, 0.717) is 17.8 Å². The number of carbonyl (C=O) groups excluding carboxylic acids is 2. The number of carbonyl (C=O) groups is 2. The number of hydrogen-bond acceptors (Lipinski definition) is 4. The van der Waals surface area contributed by atoms with Crippen LogP contribution in [0, 0.1) is 0 Å². The van der Waals surface area contributed by atoms with Gasteiger partial charge in [0.05, 0.1) is 6.54 Å². The second-order valence-corrected chi connectivity index (χ2v) is 8.35. The van der Waals surface area contributed by atoms with Crippen LogP contribution in [0.4, 0.5) is 11.4 Å². The van der Waals surface area contributed by atoms with Crippen molar-refractivity contribution in [2.45, 2.75) is 39.5 Å². The summed E-state index contributed by atoms with van der Waals surface area (Å²) in [6.45, 7) is 6.88. The number of rotatable bonds is 13. The number of likely N-dealkylation sites (N-methyl/N-ethyl adjacent to an activating group) is 1. The molecule has 0 heterocycles. The summed E-state index contributed by atoms with van der Waals surface area (Å²) in [5.41, 5.74) is 3.39. The quantitative estimate of drug-likeness (QED) is 0.334. The molecule has 0 spiro atoms. The highest BCUT2D eigenvalue weighted by Gasteiger charge is 2.08. The molecule has 0 aliphatic rings. The average molecular weight is 436 g/mol. The van der Waals surface area contributed by atoms with Crippen molar-refractivity contribution >= 4 is 29.1 Å². The molecule has 172 valence electrons. The number of nitrogens with zero attached hydrogens (tertiary/aromatic N) is 2. The van der Waals surface area contributed by atoms with E-state index in [9.17, 15) is 9.59 Å². The first-order chi connectivity index (χ1) is 15.4. The maximum absolute atomic E-state index is 12.6. The van der Waals surface area contributed by atoms with Crippen LogP contribution in [-0.2, 0) is 4.79 Å². The molecule has 2 aromatic rings. The van der Waals surface area contributed by atoms with Crippen LogP contribution >= 0.6 is 0 Å². The maximum Gasteiger partial charge on any atom is 0.238 e. The normalized spacial score (nSPS) is 11.2. The molecule has 0 unspecified atom stereocenters. The number of nitrogens with one attached hydrogen (secondary N) is 1. The zero-order chi connectivity index (χ0) is 23.3. The van der Waals surface area contributed by atoms with Gasteiger partial charge in [0.25, 0.3) is 0 Å². The zero-order valence-electron chi connectivity index (χ0n) is 19.9. The van der Waals surface area contributed by atoms with Crippen LogP contribution in [-0.4, -0.2) is 50.3 Å². The Balaban J connectivity index is 2.02. The first-order valence-corrected chi connectivity index (χ1v) is 11.5. The summed E-state index contributed by atoms with van der Waals surface area (Å²) in [5.74, 6) is -0.201. The molecule has 0 aliphatic heterocycles. The summed E-state index contributed by atoms with van der Waals surface area (Å²) in [5, 5.41) is 2.83. The lowest BCUT2D eigenvalue weighted by molar-refractivity contribution is -0.116. The van der Waals surface area contributed by atoms with Gasteiger partial charge in [-0.1, -0.05) is 57.0 Å². The zero-order valence-corrected chi connectivity index (χ0v) is 19.9. The molecule has 0 fully saturated rings. The van der Waals surface area contributed by atoms with Gasteiger partial charge in [0.2, 0.25) is 5.91 Å². The summed E-state index contributed by atoms with van der Waals surface area (Å²) in [6.07, 6.45) is 8.18. The molecule has 0 radical (unpaired) electrons. The topological polar surface area (TPSA) is 52.7 Å². The molecule has 2 rings (SSSR count). The Bertz CT molecular complexity index is 880. The number of anilines is 2. The minimum atomic E-state index is -0.109. The standard InChI is InChI=1S/C27H37N3O2/c1-5-7-18-30(19-8-6-2)25-15-12-22(13-16-25)14-17-26(31)23-10-9-11-24(20-23)28-27(32)21-29(3)4/h9-17,20H,5-8,18-19,21H2,1-4H3,(H,28,32)/b17-14+. The summed E-state index contributed by atoms with van der Waals surface area (Å²) in [6, 6.07) is 15.4. The van der Waals surface area contributed by atoms with E-state index >= 15 is 0 Å². The summed E-state index contributed by atoms with van der Waals surface area (Å²) in [4.78, 5) is 28.8. The van der Waals surface area contributed by atoms with Crippen LogP contribution in [0.2, 0.25) is 0 Å². The predicted octanol–water partition coefficient (Wildman–Crippen LogP) is 5.49. The van der Waals surface area contributed by atoms with E-state index in [2.05, 4.69) is 48.3 Å². The minimum Gasteiger partial charge on any atom is -0.372 e. The van der Waals surface area contributed by atoms with Gasteiger partial charge >= 0.3 is 0 Å². The van der Waals surface area contributed by atoms with E-state index < -0.39 is 0 Å². The fourth-order valence-corrected chi connectivity index (χ4v) is 3.37. The van der Waals surface area contributed by atoms with Gasteiger partial charge < -0.3 is 15.1 Å². The number of ketones is 1. The molecule has 5 heteroatoms. The first kappa shape index (κ1) is 25.3. The van der Waals surface area contributed by atoms with E-state index in [-0.39, 0.29) is 11.7 Å². The fraction of sp³-hybridized carbons (Fsp3) is 0.407. The van der Waals surface area contributed by atoms with Gasteiger partial charge in [0.1, 0.15) is 0 Å². The van der Waals surface area contributed by atoms with Crippen molar-refractivity contribution in [1.82, 2.24) is 4.90 Å². The molecule has 0 saturated heterocycles. The Morgan fingerprint density at radius 3 is 2.19 bits per heavy atom. The van der Waals surface area contributed by atoms with E-state index in [1.807, 2.05) is 20.2 Å². The van der Waals surface area contributed by atoms with Crippen LogP contribution in [0.15, 0.2) is 54.6 Å². The maximum atomic E-state index is 12.6. The molecule has 2 aromatic carbocycles. The Kier molecular flexibility index (Phi) is 10.7. The number of amides is 1. The Labute approximate surface area is 193 Å². The fourth-order valence-electron chi connectivity index (χ4n) is 3.37. The molecular weight excluding hydrogens is 398 g/mol. The molecule has 0 aliphatic carbocycles. The molecule has 0 saturated carbocycles. The van der Waals surface area contributed by atoms with Crippen LogP contribution in [0.3, 0.4) is 0 Å². The largest absolute Gasteiger partial charge is 0.372 e. The third kappa shape index (κ3) is 8.67. The van der Waals surface area contributed by atoms with E-state index in [1.165, 1.54) is 31.4 Å². The first-order valence-electron chi connectivity index (χ1n) is 11.5. The van der Waals surface area contributed by atoms with Crippen molar-refractivity contribution in [2.24, 2.45) is 0 Å². The average Bonchev–Trinajstić information content (AvgIpc) is 2.77. The van der Waals surface area contributed by atoms with Crippen LogP contribution in [0.1, 0.15) is 55.5 Å². The van der Waals surface area contributed by atoms with Crippen molar-refractivity contribution in [1.29, 1.82) is 0 Å². The summed E-state index contributed by atoms with van der Waals surface area (Å²) in [7, 11) is 3.68. The SMILES string of the molecule is CCCCN(CCCC)c1ccc(/C=C/C(=O)c2cccc(NC(=O)CN(C)C)c2)cc1. The van der Waals surface area contributed by atoms with Gasteiger partial charge in [-0.05, 0) is 62.8 Å². The number of hydrogen-bond donors (Lipinski definition) is 1. The van der Waals surface area contributed by atoms with Crippen LogP contribution in [0.5, 0.6) is 0 Å². The number of unbranched alkanes of at least 4 members (excludes halogenated alkanes) is 2. The highest BCUT2D eigenvalue weighted by Crippen LogP contribution is 2.18. The van der Waals surface area contributed by atoms with Gasteiger partial charge in [-0.15, -0.1) is 0 Å². The van der Waals surface area contributed by atoms with Gasteiger partial charge in [-0.2, -0.15) is 0 Å². The molecule has 0 atom stereocenters. The molecule has 0 bridgehead atoms. The van der Waals surface area contributed by atoms with Gasteiger partial charge in [-0.3, -0.25) is 9.59 Å². The summed E-state index contributed by atoms with van der Waals surface area (Å²) < 4.78 is 0. The van der Waals surface area contributed by atoms with Crippen molar-refractivity contribution in [2.75, 3.05) is 43.9 Å². The molecule has 1 N–H and O–H groups in total. The monoisotopic (exact) mass is 435 g/mol. The predicted molar refractivity (Wildman–Crippen MR) is 135 cm³/mol. The molecule has 1 amide bonds. The van der Waals surface area contributed by atoms with Gasteiger partial charge in [0, 0.05) is 30.0 Å². The van der Waals surface area contributed by atoms with Crippen molar-refractivity contribution < 1.29 is 9.59 Å². The minimum absolute atomic E-state index is 0.0923. The van der Waals surface area contributed by atoms with Gasteiger partial charge in [-0.25, -0.2) is 0 Å².